The van der Waals surface area contributed by atoms with Gasteiger partial charge in [0.15, 0.2) is 0 Å². The molecule has 0 aliphatic carbocycles. The summed E-state index contributed by atoms with van der Waals surface area (Å²) in [6.07, 6.45) is 19.8. The Morgan fingerprint density at radius 1 is 0.704 bits per heavy atom. The van der Waals surface area contributed by atoms with Crippen molar-refractivity contribution >= 4 is 0 Å². The van der Waals surface area contributed by atoms with E-state index in [0.717, 1.165) is 19.3 Å². The van der Waals surface area contributed by atoms with E-state index in [1.807, 2.05) is 24.3 Å². The van der Waals surface area contributed by atoms with Gasteiger partial charge in [-0.05, 0) is 25.0 Å². The van der Waals surface area contributed by atoms with Crippen molar-refractivity contribution in [1.82, 2.24) is 0 Å². The first-order chi connectivity index (χ1) is 13.2. The number of benzene rings is 1. The molecule has 0 aliphatic rings. The van der Waals surface area contributed by atoms with Crippen molar-refractivity contribution in [3.8, 4) is 6.07 Å². The van der Waals surface area contributed by atoms with E-state index in [2.05, 4.69) is 13.8 Å². The van der Waals surface area contributed by atoms with E-state index in [1.54, 1.807) is 12.1 Å². The number of nitrogens with zero attached hydrogens (tertiary/aromatic N) is 1. The molecule has 27 heavy (non-hydrogen) atoms. The van der Waals surface area contributed by atoms with E-state index in [9.17, 15) is 5.11 Å². The van der Waals surface area contributed by atoms with Gasteiger partial charge in [-0.25, -0.2) is 0 Å². The molecule has 0 spiro atoms. The van der Waals surface area contributed by atoms with Gasteiger partial charge in [0.2, 0.25) is 0 Å². The van der Waals surface area contributed by atoms with Crippen LogP contribution in [0.15, 0.2) is 30.3 Å². The summed E-state index contributed by atoms with van der Waals surface area (Å²) in [6.45, 7) is 4.42. The molecule has 1 atom stereocenters. The van der Waals surface area contributed by atoms with E-state index in [1.165, 1.54) is 77.0 Å². The predicted octanol–water partition coefficient (Wildman–Crippen LogP) is 7.80. The molecule has 0 saturated heterocycles. The maximum Gasteiger partial charge on any atom is 0.0991 e. The summed E-state index contributed by atoms with van der Waals surface area (Å²) in [5, 5.41) is 17.9. The Bertz CT molecular complexity index is 437. The Kier molecular flexibility index (Phi) is 19.9. The molecule has 2 heteroatoms. The fraction of sp³-hybridized carbons (Fsp3) is 0.720. The third-order valence-electron chi connectivity index (χ3n) is 4.92. The van der Waals surface area contributed by atoms with E-state index in [0.29, 0.717) is 5.56 Å². The van der Waals surface area contributed by atoms with Crippen LogP contribution >= 0.6 is 0 Å². The standard InChI is InChI=1S/C18H38O.C7H5N/c1-3-5-6-7-8-9-10-11-12-13-14-15-17-18(19)16-4-2;8-6-7-4-2-1-3-5-7/h18-19H,3-17H2,1-2H3;1-5H. The van der Waals surface area contributed by atoms with Gasteiger partial charge in [0.05, 0.1) is 17.7 Å². The van der Waals surface area contributed by atoms with Crippen LogP contribution in [0.1, 0.15) is 116 Å². The average Bonchev–Trinajstić information content (AvgIpc) is 2.70. The third kappa shape index (κ3) is 19.2. The number of aliphatic hydroxyl groups excluding tert-OH is 1. The highest BCUT2D eigenvalue weighted by Crippen LogP contribution is 2.13. The topological polar surface area (TPSA) is 44.0 Å². The molecular formula is C25H43NO. The Morgan fingerprint density at radius 3 is 1.59 bits per heavy atom. The van der Waals surface area contributed by atoms with Gasteiger partial charge < -0.3 is 5.11 Å². The number of nitriles is 1. The van der Waals surface area contributed by atoms with Crippen LogP contribution in [0.4, 0.5) is 0 Å². The van der Waals surface area contributed by atoms with Crippen molar-refractivity contribution in [3.05, 3.63) is 35.9 Å². The second kappa shape index (κ2) is 21.0. The highest BCUT2D eigenvalue weighted by atomic mass is 16.3. The van der Waals surface area contributed by atoms with Gasteiger partial charge in [-0.3, -0.25) is 0 Å². The fourth-order valence-corrected chi connectivity index (χ4v) is 3.21. The molecule has 1 unspecified atom stereocenters. The summed E-state index contributed by atoms with van der Waals surface area (Å²) >= 11 is 0. The monoisotopic (exact) mass is 373 g/mol. The molecule has 0 amide bonds. The summed E-state index contributed by atoms with van der Waals surface area (Å²) < 4.78 is 0. The first kappa shape index (κ1) is 25.7. The SMILES string of the molecule is CCCCCCCCCCCCCCC(O)CCC.N#Cc1ccccc1. The van der Waals surface area contributed by atoms with Crippen molar-refractivity contribution in [2.75, 3.05) is 0 Å². The van der Waals surface area contributed by atoms with Crippen LogP contribution in [0.5, 0.6) is 0 Å². The molecule has 154 valence electrons. The maximum absolute atomic E-state index is 9.61. The minimum absolute atomic E-state index is 0.0341. The quantitative estimate of drug-likeness (QED) is 0.319. The van der Waals surface area contributed by atoms with E-state index in [4.69, 9.17) is 5.26 Å². The molecule has 1 aromatic carbocycles. The molecule has 2 nitrogen and oxygen atoms in total. The second-order valence-corrected chi connectivity index (χ2v) is 7.60. The summed E-state index contributed by atoms with van der Waals surface area (Å²) in [5.41, 5.74) is 0.715. The Morgan fingerprint density at radius 2 is 1.19 bits per heavy atom. The third-order valence-corrected chi connectivity index (χ3v) is 4.92. The Hall–Kier alpha value is -1.33. The van der Waals surface area contributed by atoms with Crippen molar-refractivity contribution in [2.45, 2.75) is 116 Å². The lowest BCUT2D eigenvalue weighted by molar-refractivity contribution is 0.150. The molecule has 0 aromatic heterocycles. The van der Waals surface area contributed by atoms with Crippen LogP contribution in [0, 0.1) is 11.3 Å². The molecule has 0 radical (unpaired) electrons. The minimum Gasteiger partial charge on any atom is -0.393 e. The van der Waals surface area contributed by atoms with Gasteiger partial charge in [-0.2, -0.15) is 5.26 Å². The van der Waals surface area contributed by atoms with Crippen LogP contribution in [-0.4, -0.2) is 11.2 Å². The van der Waals surface area contributed by atoms with Crippen LogP contribution < -0.4 is 0 Å². The van der Waals surface area contributed by atoms with Crippen molar-refractivity contribution in [1.29, 1.82) is 5.26 Å². The van der Waals surface area contributed by atoms with Gasteiger partial charge in [-0.1, -0.05) is 116 Å². The number of hydrogen-bond acceptors (Lipinski definition) is 2. The average molecular weight is 374 g/mol. The van der Waals surface area contributed by atoms with E-state index < -0.39 is 0 Å². The van der Waals surface area contributed by atoms with E-state index in [-0.39, 0.29) is 6.10 Å². The largest absolute Gasteiger partial charge is 0.393 e. The number of unbranched alkanes of at least 4 members (excludes halogenated alkanes) is 11. The summed E-state index contributed by atoms with van der Waals surface area (Å²) in [6, 6.07) is 11.2. The lowest BCUT2D eigenvalue weighted by Crippen LogP contribution is -2.04. The number of rotatable bonds is 15. The molecule has 1 aromatic rings. The fourth-order valence-electron chi connectivity index (χ4n) is 3.21. The van der Waals surface area contributed by atoms with Gasteiger partial charge in [0.1, 0.15) is 0 Å². The normalized spacial score (nSPS) is 11.3. The molecule has 0 bridgehead atoms. The molecule has 1 N–H and O–H groups in total. The minimum atomic E-state index is -0.0341. The van der Waals surface area contributed by atoms with Crippen LogP contribution in [0.25, 0.3) is 0 Å². The van der Waals surface area contributed by atoms with Crippen molar-refractivity contribution in [3.63, 3.8) is 0 Å². The lowest BCUT2D eigenvalue weighted by atomic mass is 10.0. The molecule has 0 heterocycles. The highest BCUT2D eigenvalue weighted by Gasteiger charge is 2.01. The zero-order valence-corrected chi connectivity index (χ0v) is 18.0. The molecule has 0 aliphatic heterocycles. The summed E-state index contributed by atoms with van der Waals surface area (Å²) in [5.74, 6) is 0. The maximum atomic E-state index is 9.61. The van der Waals surface area contributed by atoms with Gasteiger partial charge in [-0.15, -0.1) is 0 Å². The van der Waals surface area contributed by atoms with Crippen LogP contribution in [0.3, 0.4) is 0 Å². The van der Waals surface area contributed by atoms with E-state index >= 15 is 0 Å². The Labute approximate surface area is 169 Å². The van der Waals surface area contributed by atoms with Gasteiger partial charge in [0.25, 0.3) is 0 Å². The molecule has 0 fully saturated rings. The van der Waals surface area contributed by atoms with Gasteiger partial charge in [0, 0.05) is 0 Å². The first-order valence-electron chi connectivity index (χ1n) is 11.4. The Balaban J connectivity index is 0.000000694. The zero-order valence-electron chi connectivity index (χ0n) is 18.0. The van der Waals surface area contributed by atoms with Crippen LogP contribution in [-0.2, 0) is 0 Å². The smallest absolute Gasteiger partial charge is 0.0991 e. The van der Waals surface area contributed by atoms with Crippen LogP contribution in [0.2, 0.25) is 0 Å². The lowest BCUT2D eigenvalue weighted by Gasteiger charge is -2.08. The van der Waals surface area contributed by atoms with Crippen molar-refractivity contribution < 1.29 is 5.11 Å². The second-order valence-electron chi connectivity index (χ2n) is 7.60. The zero-order chi connectivity index (χ0) is 20.0. The van der Waals surface area contributed by atoms with Crippen molar-refractivity contribution in [2.24, 2.45) is 0 Å². The summed E-state index contributed by atoms with van der Waals surface area (Å²) in [4.78, 5) is 0. The first-order valence-corrected chi connectivity index (χ1v) is 11.4. The summed E-state index contributed by atoms with van der Waals surface area (Å²) in [7, 11) is 0. The number of aliphatic hydroxyl groups is 1. The highest BCUT2D eigenvalue weighted by molar-refractivity contribution is 5.27. The predicted molar refractivity (Wildman–Crippen MR) is 118 cm³/mol. The molecular weight excluding hydrogens is 330 g/mol. The molecule has 0 saturated carbocycles. The number of hydrogen-bond donors (Lipinski definition) is 1. The van der Waals surface area contributed by atoms with Gasteiger partial charge >= 0.3 is 0 Å². The molecule has 1 rings (SSSR count).